The summed E-state index contributed by atoms with van der Waals surface area (Å²) in [5.41, 5.74) is 10.6. The number of allylic oxidation sites excluding steroid dienone is 8. The third-order valence-corrected chi connectivity index (χ3v) is 7.54. The lowest BCUT2D eigenvalue weighted by Crippen LogP contribution is -2.36. The summed E-state index contributed by atoms with van der Waals surface area (Å²) in [7, 11) is 0. The molecule has 0 N–H and O–H groups in total. The molecule has 2 heteroatoms. The summed E-state index contributed by atoms with van der Waals surface area (Å²) in [6.45, 7) is 28.6. The fraction of sp³-hybridized carbons (Fsp3) is 0.429. The Balaban J connectivity index is 2.92. The van der Waals surface area contributed by atoms with E-state index in [0.717, 1.165) is 38.8 Å². The molecular formula is C35H48N2. The zero-order valence-electron chi connectivity index (χ0n) is 25.6. The minimum atomic E-state index is 0.144. The topological polar surface area (TPSA) is 25.8 Å². The first-order chi connectivity index (χ1) is 17.0. The van der Waals surface area contributed by atoms with E-state index in [1.165, 1.54) is 22.3 Å². The predicted molar refractivity (Wildman–Crippen MR) is 164 cm³/mol. The maximum atomic E-state index is 5.25. The molecule has 1 aromatic carbocycles. The fourth-order valence-corrected chi connectivity index (χ4v) is 3.54. The Labute approximate surface area is 226 Å². The molecule has 0 radical (unpaired) electrons. The minimum absolute atomic E-state index is 0.144. The van der Waals surface area contributed by atoms with Gasteiger partial charge in [0.25, 0.3) is 0 Å². The van der Waals surface area contributed by atoms with Gasteiger partial charge in [-0.15, -0.1) is 0 Å². The molecule has 37 heavy (non-hydrogen) atoms. The van der Waals surface area contributed by atoms with E-state index in [0.29, 0.717) is 0 Å². The van der Waals surface area contributed by atoms with E-state index in [1.807, 2.05) is 6.07 Å². The Hall–Kier alpha value is -3.00. The second kappa shape index (κ2) is 12.0. The van der Waals surface area contributed by atoms with Gasteiger partial charge >= 0.3 is 0 Å². The van der Waals surface area contributed by atoms with Crippen molar-refractivity contribution in [1.29, 1.82) is 0 Å². The lowest BCUT2D eigenvalue weighted by molar-refractivity contribution is 0.504. The van der Waals surface area contributed by atoms with Gasteiger partial charge in [0.15, 0.2) is 0 Å². The van der Waals surface area contributed by atoms with E-state index in [2.05, 4.69) is 139 Å². The number of nitrogens with zero attached hydrogens (tertiary/aromatic N) is 2. The van der Waals surface area contributed by atoms with Crippen molar-refractivity contribution in [1.82, 2.24) is 9.97 Å². The Morgan fingerprint density at radius 1 is 0.595 bits per heavy atom. The van der Waals surface area contributed by atoms with E-state index in [4.69, 9.17) is 9.97 Å². The molecule has 0 atom stereocenters. The molecule has 198 valence electrons. The van der Waals surface area contributed by atoms with E-state index in [9.17, 15) is 0 Å². The van der Waals surface area contributed by atoms with Gasteiger partial charge in [-0.2, -0.15) is 0 Å². The largest absolute Gasteiger partial charge is 0.249 e. The Morgan fingerprint density at radius 2 is 1.00 bits per heavy atom. The standard InChI is InChI=1S/C35H48N2/c1-23(19-21-25(3)34(8,9)10)27(5)31-32(28(6)24(2)20-22-26(4)35(11,12)13)37-33(29(7)36-31)30-17-15-14-16-18-30/h14-22H,1-13H3/b23-19+,24-20+,25-21+,26-22+,31-27-,32-28-. The summed E-state index contributed by atoms with van der Waals surface area (Å²) in [4.78, 5) is 10.4. The molecule has 0 bridgehead atoms. The van der Waals surface area contributed by atoms with Crippen LogP contribution in [-0.2, 0) is 0 Å². The molecule has 0 saturated heterocycles. The first kappa shape index (κ1) is 30.2. The van der Waals surface area contributed by atoms with Gasteiger partial charge in [-0.1, -0.05) is 107 Å². The number of aryl methyl sites for hydroxylation is 1. The molecule has 1 aromatic heterocycles. The highest BCUT2D eigenvalue weighted by Crippen LogP contribution is 2.26. The van der Waals surface area contributed by atoms with Gasteiger partial charge in [-0.25, -0.2) is 9.97 Å². The fourth-order valence-electron chi connectivity index (χ4n) is 3.54. The van der Waals surface area contributed by atoms with Gasteiger partial charge in [0, 0.05) is 5.56 Å². The van der Waals surface area contributed by atoms with Crippen molar-refractivity contribution in [3.8, 4) is 11.3 Å². The monoisotopic (exact) mass is 496 g/mol. The molecule has 1 heterocycles. The highest BCUT2D eigenvalue weighted by atomic mass is 14.8. The second-order valence-corrected chi connectivity index (χ2v) is 12.4. The van der Waals surface area contributed by atoms with Crippen LogP contribution in [0, 0.1) is 17.8 Å². The van der Waals surface area contributed by atoms with Gasteiger partial charge in [-0.3, -0.25) is 0 Å². The Bertz CT molecular complexity index is 1360. The Kier molecular flexibility index (Phi) is 9.83. The van der Waals surface area contributed by atoms with Crippen molar-refractivity contribution >= 4 is 11.1 Å². The summed E-state index contributed by atoms with van der Waals surface area (Å²) >= 11 is 0. The molecule has 0 amide bonds. The van der Waals surface area contributed by atoms with Crippen LogP contribution in [0.1, 0.15) is 88.8 Å². The number of aromatic nitrogens is 2. The number of rotatable bonds is 5. The van der Waals surface area contributed by atoms with Crippen molar-refractivity contribution < 1.29 is 0 Å². The molecule has 0 aliphatic heterocycles. The first-order valence-electron chi connectivity index (χ1n) is 13.4. The van der Waals surface area contributed by atoms with Crippen molar-refractivity contribution in [2.75, 3.05) is 0 Å². The van der Waals surface area contributed by atoms with E-state index >= 15 is 0 Å². The van der Waals surface area contributed by atoms with Crippen molar-refractivity contribution in [3.05, 3.63) is 93.3 Å². The number of hydrogen-bond donors (Lipinski definition) is 0. The normalized spacial score (nSPS) is 16.1. The summed E-state index contributed by atoms with van der Waals surface area (Å²) in [5, 5.41) is 1.90. The van der Waals surface area contributed by atoms with Crippen LogP contribution in [0.4, 0.5) is 0 Å². The van der Waals surface area contributed by atoms with Crippen LogP contribution in [0.3, 0.4) is 0 Å². The highest BCUT2D eigenvalue weighted by Gasteiger charge is 2.13. The maximum Gasteiger partial charge on any atom is 0.0929 e. The van der Waals surface area contributed by atoms with Gasteiger partial charge in [-0.05, 0) is 81.6 Å². The summed E-state index contributed by atoms with van der Waals surface area (Å²) in [5.74, 6) is 0. The highest BCUT2D eigenvalue weighted by molar-refractivity contribution is 5.68. The van der Waals surface area contributed by atoms with Gasteiger partial charge in [0.1, 0.15) is 0 Å². The van der Waals surface area contributed by atoms with Gasteiger partial charge in [0.2, 0.25) is 0 Å². The van der Waals surface area contributed by atoms with Gasteiger partial charge < -0.3 is 0 Å². The summed E-state index contributed by atoms with van der Waals surface area (Å²) in [6.07, 6.45) is 8.91. The van der Waals surface area contributed by atoms with E-state index < -0.39 is 0 Å². The predicted octanol–water partition coefficient (Wildman–Crippen LogP) is 8.67. The zero-order chi connectivity index (χ0) is 28.1. The zero-order valence-corrected chi connectivity index (χ0v) is 25.6. The van der Waals surface area contributed by atoms with Crippen LogP contribution in [0.2, 0.25) is 0 Å². The molecule has 0 aliphatic rings. The first-order valence-corrected chi connectivity index (χ1v) is 13.4. The SMILES string of the molecule is CC(/C(C)=C/C=C(\C)C(C)(C)C)=c1/nc(C)c(-c2ccccc2)n/c1=C(C)\C(C)=C\C=C(/C)C(C)(C)C. The average Bonchev–Trinajstić information content (AvgIpc) is 2.83. The summed E-state index contributed by atoms with van der Waals surface area (Å²) < 4.78 is 0. The maximum absolute atomic E-state index is 5.25. The van der Waals surface area contributed by atoms with E-state index in [1.54, 1.807) is 0 Å². The summed E-state index contributed by atoms with van der Waals surface area (Å²) in [6, 6.07) is 10.4. The molecule has 0 aliphatic carbocycles. The van der Waals surface area contributed by atoms with Crippen LogP contribution in [0.5, 0.6) is 0 Å². The molecule has 2 aromatic rings. The van der Waals surface area contributed by atoms with E-state index in [-0.39, 0.29) is 10.8 Å². The minimum Gasteiger partial charge on any atom is -0.249 e. The number of hydrogen-bond acceptors (Lipinski definition) is 2. The molecule has 0 unspecified atom stereocenters. The smallest absolute Gasteiger partial charge is 0.0929 e. The third-order valence-electron chi connectivity index (χ3n) is 7.54. The van der Waals surface area contributed by atoms with Crippen molar-refractivity contribution in [2.24, 2.45) is 10.8 Å². The van der Waals surface area contributed by atoms with Gasteiger partial charge in [0.05, 0.1) is 22.1 Å². The second-order valence-electron chi connectivity index (χ2n) is 12.4. The van der Waals surface area contributed by atoms with Crippen LogP contribution in [-0.4, -0.2) is 9.97 Å². The average molecular weight is 497 g/mol. The van der Waals surface area contributed by atoms with Crippen LogP contribution >= 0.6 is 0 Å². The third kappa shape index (κ3) is 7.99. The molecule has 2 rings (SSSR count). The number of benzene rings is 1. The van der Waals surface area contributed by atoms with Crippen molar-refractivity contribution in [2.45, 2.75) is 90.0 Å². The lowest BCUT2D eigenvalue weighted by Gasteiger charge is -2.19. The molecule has 0 fully saturated rings. The molecule has 2 nitrogen and oxygen atoms in total. The van der Waals surface area contributed by atoms with Crippen LogP contribution in [0.15, 0.2) is 76.9 Å². The lowest BCUT2D eigenvalue weighted by atomic mass is 9.87. The van der Waals surface area contributed by atoms with Crippen LogP contribution < -0.4 is 10.7 Å². The molecule has 0 spiro atoms. The van der Waals surface area contributed by atoms with Crippen molar-refractivity contribution in [3.63, 3.8) is 0 Å². The molecular weight excluding hydrogens is 448 g/mol. The van der Waals surface area contributed by atoms with Crippen LogP contribution in [0.25, 0.3) is 22.4 Å². The molecule has 0 saturated carbocycles. The quantitative estimate of drug-likeness (QED) is 0.387. The Morgan fingerprint density at radius 3 is 1.41 bits per heavy atom.